The minimum atomic E-state index is 0.864. The Hall–Kier alpha value is -6.90. The molecule has 242 valence electrons. The van der Waals surface area contributed by atoms with Gasteiger partial charge in [0.2, 0.25) is 0 Å². The van der Waals surface area contributed by atoms with Crippen molar-refractivity contribution in [2.75, 3.05) is 0 Å². The summed E-state index contributed by atoms with van der Waals surface area (Å²) in [4.78, 5) is 0. The number of para-hydroxylation sites is 1. The Morgan fingerprint density at radius 2 is 0.769 bits per heavy atom. The van der Waals surface area contributed by atoms with E-state index in [0.29, 0.717) is 0 Å². The molecule has 0 radical (unpaired) electrons. The summed E-state index contributed by atoms with van der Waals surface area (Å²) in [5.74, 6) is 0.864. The first-order chi connectivity index (χ1) is 25.8. The molecule has 2 heteroatoms. The maximum absolute atomic E-state index is 7.00. The second-order valence-corrected chi connectivity index (χ2v) is 13.5. The average Bonchev–Trinajstić information content (AvgIpc) is 3.88. The SMILES string of the molecule is c1ccc(-c2c3ccccc3c(-c3cccc4oc5c(-c6c7ccccc7c(-c7ccco7)c7ccccc67)cccc5c34)c3ccccc23)cc1. The van der Waals surface area contributed by atoms with E-state index in [4.69, 9.17) is 8.83 Å². The van der Waals surface area contributed by atoms with Gasteiger partial charge in [0.15, 0.2) is 0 Å². The van der Waals surface area contributed by atoms with Gasteiger partial charge in [0, 0.05) is 27.5 Å². The van der Waals surface area contributed by atoms with E-state index in [2.05, 4.69) is 170 Å². The molecule has 0 aliphatic heterocycles. The Kier molecular flexibility index (Phi) is 6.28. The van der Waals surface area contributed by atoms with Crippen LogP contribution in [0.2, 0.25) is 0 Å². The van der Waals surface area contributed by atoms with Crippen LogP contribution < -0.4 is 0 Å². The Balaban J connectivity index is 1.25. The van der Waals surface area contributed by atoms with Gasteiger partial charge in [-0.1, -0.05) is 158 Å². The van der Waals surface area contributed by atoms with Gasteiger partial charge in [-0.05, 0) is 83.5 Å². The largest absolute Gasteiger partial charge is 0.464 e. The number of rotatable bonds is 4. The van der Waals surface area contributed by atoms with Crippen LogP contribution >= 0.6 is 0 Å². The van der Waals surface area contributed by atoms with E-state index < -0.39 is 0 Å². The second-order valence-electron chi connectivity index (χ2n) is 13.5. The Morgan fingerprint density at radius 3 is 1.33 bits per heavy atom. The lowest BCUT2D eigenvalue weighted by Gasteiger charge is -2.18. The molecule has 0 aliphatic carbocycles. The van der Waals surface area contributed by atoms with Crippen LogP contribution in [0.25, 0.3) is 110 Å². The molecule has 9 aromatic carbocycles. The predicted molar refractivity (Wildman–Crippen MR) is 218 cm³/mol. The third-order valence-corrected chi connectivity index (χ3v) is 10.8. The van der Waals surface area contributed by atoms with Crippen LogP contribution in [0.5, 0.6) is 0 Å². The van der Waals surface area contributed by atoms with E-state index in [-0.39, 0.29) is 0 Å². The molecule has 2 heterocycles. The van der Waals surface area contributed by atoms with Crippen molar-refractivity contribution < 1.29 is 8.83 Å². The van der Waals surface area contributed by atoms with Crippen LogP contribution in [0.15, 0.2) is 191 Å². The molecule has 0 saturated carbocycles. The molecule has 0 unspecified atom stereocenters. The summed E-state index contributed by atoms with van der Waals surface area (Å²) in [5, 5.41) is 11.8. The van der Waals surface area contributed by atoms with Crippen molar-refractivity contribution >= 4 is 65.0 Å². The fraction of sp³-hybridized carbons (Fsp3) is 0. The molecular weight excluding hydrogens is 633 g/mol. The highest BCUT2D eigenvalue weighted by Gasteiger charge is 2.23. The van der Waals surface area contributed by atoms with E-state index in [1.807, 2.05) is 6.07 Å². The first-order valence-corrected chi connectivity index (χ1v) is 17.8. The smallest absolute Gasteiger partial charge is 0.143 e. The van der Waals surface area contributed by atoms with Gasteiger partial charge < -0.3 is 8.83 Å². The quantitative estimate of drug-likeness (QED) is 0.175. The van der Waals surface area contributed by atoms with Gasteiger partial charge in [-0.2, -0.15) is 0 Å². The highest BCUT2D eigenvalue weighted by atomic mass is 16.3. The van der Waals surface area contributed by atoms with Crippen molar-refractivity contribution in [3.05, 3.63) is 182 Å². The third-order valence-electron chi connectivity index (χ3n) is 10.8. The average molecular weight is 663 g/mol. The number of hydrogen-bond acceptors (Lipinski definition) is 2. The molecule has 0 saturated heterocycles. The third kappa shape index (κ3) is 4.12. The molecule has 11 aromatic rings. The lowest BCUT2D eigenvalue weighted by molar-refractivity contribution is 0.583. The molecule has 11 rings (SSSR count). The van der Waals surface area contributed by atoms with E-state index in [0.717, 1.165) is 65.9 Å². The zero-order valence-corrected chi connectivity index (χ0v) is 28.1. The highest BCUT2D eigenvalue weighted by molar-refractivity contribution is 6.28. The summed E-state index contributed by atoms with van der Waals surface area (Å²) in [6.45, 7) is 0. The van der Waals surface area contributed by atoms with Crippen LogP contribution in [0.3, 0.4) is 0 Å². The van der Waals surface area contributed by atoms with Crippen LogP contribution in [0, 0.1) is 0 Å². The molecule has 52 heavy (non-hydrogen) atoms. The van der Waals surface area contributed by atoms with Crippen LogP contribution in [-0.2, 0) is 0 Å². The zero-order chi connectivity index (χ0) is 34.2. The van der Waals surface area contributed by atoms with Gasteiger partial charge in [-0.25, -0.2) is 0 Å². The van der Waals surface area contributed by atoms with Crippen LogP contribution in [-0.4, -0.2) is 0 Å². The zero-order valence-electron chi connectivity index (χ0n) is 28.1. The number of hydrogen-bond donors (Lipinski definition) is 0. The molecule has 2 aromatic heterocycles. The Morgan fingerprint density at radius 1 is 0.308 bits per heavy atom. The van der Waals surface area contributed by atoms with Crippen molar-refractivity contribution in [3.8, 4) is 44.7 Å². The van der Waals surface area contributed by atoms with Crippen molar-refractivity contribution in [1.82, 2.24) is 0 Å². The fourth-order valence-corrected chi connectivity index (χ4v) is 8.69. The van der Waals surface area contributed by atoms with Gasteiger partial charge in [0.25, 0.3) is 0 Å². The maximum atomic E-state index is 7.00. The van der Waals surface area contributed by atoms with E-state index >= 15 is 0 Å². The summed E-state index contributed by atoms with van der Waals surface area (Å²) < 4.78 is 13.0. The van der Waals surface area contributed by atoms with E-state index in [1.165, 1.54) is 43.8 Å². The lowest BCUT2D eigenvalue weighted by Crippen LogP contribution is -1.91. The predicted octanol–water partition coefficient (Wildman–Crippen LogP) is 14.5. The summed E-state index contributed by atoms with van der Waals surface area (Å²) in [5.41, 5.74) is 9.99. The molecule has 0 fully saturated rings. The Bertz CT molecular complexity index is 3050. The second kappa shape index (κ2) is 11.3. The van der Waals surface area contributed by atoms with Crippen molar-refractivity contribution in [2.45, 2.75) is 0 Å². The summed E-state index contributed by atoms with van der Waals surface area (Å²) in [7, 11) is 0. The van der Waals surface area contributed by atoms with E-state index in [1.54, 1.807) is 6.26 Å². The summed E-state index contributed by atoms with van der Waals surface area (Å²) >= 11 is 0. The first kappa shape index (κ1) is 28.9. The van der Waals surface area contributed by atoms with Gasteiger partial charge in [0.05, 0.1) is 6.26 Å². The molecule has 0 amide bonds. The molecule has 0 N–H and O–H groups in total. The summed E-state index contributed by atoms with van der Waals surface area (Å²) in [6, 6.07) is 62.9. The van der Waals surface area contributed by atoms with Gasteiger partial charge >= 0.3 is 0 Å². The molecule has 0 bridgehead atoms. The minimum absolute atomic E-state index is 0.864. The fourth-order valence-electron chi connectivity index (χ4n) is 8.69. The Labute approximate surface area is 299 Å². The van der Waals surface area contributed by atoms with Crippen molar-refractivity contribution in [3.63, 3.8) is 0 Å². The molecular formula is C50H30O2. The minimum Gasteiger partial charge on any atom is -0.464 e. The number of fused-ring (bicyclic) bond motifs is 7. The van der Waals surface area contributed by atoms with Crippen molar-refractivity contribution in [1.29, 1.82) is 0 Å². The topological polar surface area (TPSA) is 26.3 Å². The molecule has 0 aliphatic rings. The summed E-state index contributed by atoms with van der Waals surface area (Å²) in [6.07, 6.45) is 1.75. The number of furan rings is 2. The van der Waals surface area contributed by atoms with Gasteiger partial charge in [-0.15, -0.1) is 0 Å². The van der Waals surface area contributed by atoms with Gasteiger partial charge in [-0.3, -0.25) is 0 Å². The molecule has 0 spiro atoms. The first-order valence-electron chi connectivity index (χ1n) is 17.8. The van der Waals surface area contributed by atoms with Crippen LogP contribution in [0.1, 0.15) is 0 Å². The lowest BCUT2D eigenvalue weighted by atomic mass is 9.84. The van der Waals surface area contributed by atoms with Crippen molar-refractivity contribution in [2.24, 2.45) is 0 Å². The van der Waals surface area contributed by atoms with E-state index in [9.17, 15) is 0 Å². The standard InChI is InChI=1S/C50H30O2/c1-2-15-31(16-3-1)45-32-17-4-6-19-34(32)46(35-20-7-5-18-33(35)45)40-25-13-28-44-49(40)42-27-12-26-41(50(42)52-44)47-36-21-8-10-23-38(36)48(43-29-14-30-51-43)39-24-11-9-22-37(39)47/h1-30H. The highest BCUT2D eigenvalue weighted by Crippen LogP contribution is 2.50. The van der Waals surface area contributed by atoms with Crippen LogP contribution in [0.4, 0.5) is 0 Å². The number of benzene rings is 9. The monoisotopic (exact) mass is 662 g/mol. The molecule has 2 nitrogen and oxygen atoms in total. The van der Waals surface area contributed by atoms with Gasteiger partial charge in [0.1, 0.15) is 16.9 Å². The maximum Gasteiger partial charge on any atom is 0.143 e. The normalized spacial score (nSPS) is 11.8. The molecule has 0 atom stereocenters.